The van der Waals surface area contributed by atoms with Crippen LogP contribution in [-0.2, 0) is 4.79 Å². The van der Waals surface area contributed by atoms with Crippen molar-refractivity contribution in [1.29, 1.82) is 0 Å². The van der Waals surface area contributed by atoms with Gasteiger partial charge in [-0.05, 0) is 18.2 Å². The van der Waals surface area contributed by atoms with Crippen LogP contribution in [0.25, 0.3) is 0 Å². The van der Waals surface area contributed by atoms with Crippen LogP contribution < -0.4 is 16.0 Å². The Morgan fingerprint density at radius 2 is 2.10 bits per heavy atom. The van der Waals surface area contributed by atoms with E-state index in [1.165, 1.54) is 12.1 Å². The molecule has 0 spiro atoms. The van der Waals surface area contributed by atoms with Crippen LogP contribution in [0.15, 0.2) is 18.2 Å². The molecule has 1 fully saturated rings. The number of carbonyl (C=O) groups is 3. The van der Waals surface area contributed by atoms with E-state index in [1.807, 2.05) is 0 Å². The highest BCUT2D eigenvalue weighted by atomic mass is 16.4. The number of aromatic carboxylic acids is 1. The molecule has 1 aromatic carbocycles. The fourth-order valence-electron chi connectivity index (χ4n) is 1.82. The predicted molar refractivity (Wildman–Crippen MR) is 68.6 cm³/mol. The molecule has 8 heteroatoms. The minimum absolute atomic E-state index is 0.0842. The van der Waals surface area contributed by atoms with Gasteiger partial charge in [-0.1, -0.05) is 0 Å². The number of nitrogens with one attached hydrogen (secondary N) is 3. The molecule has 0 aliphatic carbocycles. The third-order valence-corrected chi connectivity index (χ3v) is 2.81. The highest BCUT2D eigenvalue weighted by molar-refractivity contribution is 5.94. The van der Waals surface area contributed by atoms with Gasteiger partial charge in [-0.2, -0.15) is 0 Å². The van der Waals surface area contributed by atoms with Crippen molar-refractivity contribution >= 4 is 23.6 Å². The Bertz CT molecular complexity index is 572. The van der Waals surface area contributed by atoms with E-state index in [9.17, 15) is 19.5 Å². The molecule has 1 aliphatic rings. The molecule has 8 nitrogen and oxygen atoms in total. The molecule has 0 aromatic heterocycles. The van der Waals surface area contributed by atoms with Gasteiger partial charge < -0.3 is 26.2 Å². The largest absolute Gasteiger partial charge is 0.506 e. The summed E-state index contributed by atoms with van der Waals surface area (Å²) >= 11 is 0. The van der Waals surface area contributed by atoms with Gasteiger partial charge >= 0.3 is 12.0 Å². The average molecular weight is 279 g/mol. The number of phenolic OH excluding ortho intramolecular Hbond substituents is 1. The van der Waals surface area contributed by atoms with Crippen LogP contribution in [0, 0.1) is 0 Å². The van der Waals surface area contributed by atoms with E-state index in [0.29, 0.717) is 6.54 Å². The van der Waals surface area contributed by atoms with Crippen molar-refractivity contribution in [2.75, 3.05) is 11.9 Å². The molecular weight excluding hydrogens is 266 g/mol. The van der Waals surface area contributed by atoms with Crippen LogP contribution in [0.2, 0.25) is 0 Å². The number of carboxylic acids is 1. The molecule has 0 saturated carbocycles. The van der Waals surface area contributed by atoms with Crippen molar-refractivity contribution in [2.24, 2.45) is 0 Å². The maximum Gasteiger partial charge on any atom is 0.335 e. The number of carboxylic acid groups (broad SMARTS) is 1. The molecule has 1 saturated heterocycles. The number of amides is 3. The van der Waals surface area contributed by atoms with Gasteiger partial charge in [-0.3, -0.25) is 4.79 Å². The topological polar surface area (TPSA) is 128 Å². The Morgan fingerprint density at radius 3 is 2.65 bits per heavy atom. The number of benzene rings is 1. The number of hydrogen-bond acceptors (Lipinski definition) is 4. The fourth-order valence-corrected chi connectivity index (χ4v) is 1.82. The number of aromatic hydroxyl groups is 1. The summed E-state index contributed by atoms with van der Waals surface area (Å²) in [5, 5.41) is 25.9. The van der Waals surface area contributed by atoms with Gasteiger partial charge in [-0.25, -0.2) is 9.59 Å². The molecule has 20 heavy (non-hydrogen) atoms. The molecule has 2 rings (SSSR count). The van der Waals surface area contributed by atoms with Gasteiger partial charge in [0.1, 0.15) is 5.75 Å². The number of urea groups is 1. The molecular formula is C12H13N3O5. The Balaban J connectivity index is 1.97. The molecule has 1 aliphatic heterocycles. The van der Waals surface area contributed by atoms with Crippen molar-refractivity contribution in [1.82, 2.24) is 10.6 Å². The first-order chi connectivity index (χ1) is 9.45. The second-order valence-electron chi connectivity index (χ2n) is 4.34. The third kappa shape index (κ3) is 3.16. The molecule has 5 N–H and O–H groups in total. The van der Waals surface area contributed by atoms with Gasteiger partial charge in [-0.15, -0.1) is 0 Å². The second-order valence-corrected chi connectivity index (χ2v) is 4.34. The van der Waals surface area contributed by atoms with E-state index < -0.39 is 12.0 Å². The summed E-state index contributed by atoms with van der Waals surface area (Å²) in [4.78, 5) is 33.3. The fraction of sp³-hybridized carbons (Fsp3) is 0.250. The number of rotatable bonds is 3. The summed E-state index contributed by atoms with van der Waals surface area (Å²) < 4.78 is 0. The number of hydrogen-bond donors (Lipinski definition) is 5. The van der Waals surface area contributed by atoms with Crippen LogP contribution in [0.3, 0.4) is 0 Å². The molecule has 3 amide bonds. The van der Waals surface area contributed by atoms with Crippen molar-refractivity contribution < 1.29 is 24.6 Å². The lowest BCUT2D eigenvalue weighted by molar-refractivity contribution is -0.119. The van der Waals surface area contributed by atoms with E-state index >= 15 is 0 Å². The van der Waals surface area contributed by atoms with E-state index in [0.717, 1.165) is 6.07 Å². The van der Waals surface area contributed by atoms with Crippen molar-refractivity contribution in [3.05, 3.63) is 23.8 Å². The van der Waals surface area contributed by atoms with Crippen LogP contribution in [-0.4, -0.2) is 40.7 Å². The zero-order valence-electron chi connectivity index (χ0n) is 10.3. The second kappa shape index (κ2) is 5.47. The van der Waals surface area contributed by atoms with Crippen LogP contribution in [0.4, 0.5) is 10.5 Å². The number of anilines is 1. The zero-order chi connectivity index (χ0) is 14.7. The minimum Gasteiger partial charge on any atom is -0.506 e. The normalized spacial score (nSPS) is 17.4. The van der Waals surface area contributed by atoms with Crippen LogP contribution >= 0.6 is 0 Å². The highest BCUT2D eigenvalue weighted by Crippen LogP contribution is 2.24. The Hall–Kier alpha value is -2.77. The van der Waals surface area contributed by atoms with Crippen molar-refractivity contribution in [3.63, 3.8) is 0 Å². The summed E-state index contributed by atoms with van der Waals surface area (Å²) in [5.41, 5.74) is 0.00355. The lowest BCUT2D eigenvalue weighted by Crippen LogP contribution is -2.39. The summed E-state index contributed by atoms with van der Waals surface area (Å²) in [5.74, 6) is -1.66. The predicted octanol–water partition coefficient (Wildman–Crippen LogP) is 0.100. The smallest absolute Gasteiger partial charge is 0.335 e. The van der Waals surface area contributed by atoms with Gasteiger partial charge in [0.05, 0.1) is 17.3 Å². The summed E-state index contributed by atoms with van der Waals surface area (Å²) in [7, 11) is 0. The zero-order valence-corrected chi connectivity index (χ0v) is 10.3. The first-order valence-electron chi connectivity index (χ1n) is 5.86. The highest BCUT2D eigenvalue weighted by Gasteiger charge is 2.23. The first-order valence-corrected chi connectivity index (χ1v) is 5.86. The quantitative estimate of drug-likeness (QED) is 0.501. The number of phenols is 1. The standard InChI is InChI=1S/C12H13N3O5/c16-9-3-6(11(18)19)1-2-8(9)15-12(20)14-7-4-10(17)13-5-7/h1-3,7,16H,4-5H2,(H,13,17)(H,18,19)(H2,14,15,20). The van der Waals surface area contributed by atoms with E-state index in [2.05, 4.69) is 16.0 Å². The molecule has 1 atom stereocenters. The van der Waals surface area contributed by atoms with Crippen LogP contribution in [0.5, 0.6) is 5.75 Å². The van der Waals surface area contributed by atoms with Gasteiger partial charge in [0.25, 0.3) is 0 Å². The van der Waals surface area contributed by atoms with E-state index in [1.54, 1.807) is 0 Å². The Kier molecular flexibility index (Phi) is 3.74. The first kappa shape index (κ1) is 13.7. The minimum atomic E-state index is -1.17. The molecule has 1 aromatic rings. The lowest BCUT2D eigenvalue weighted by atomic mass is 10.2. The molecule has 1 unspecified atom stereocenters. The maximum atomic E-state index is 11.7. The molecule has 0 radical (unpaired) electrons. The Labute approximate surface area is 113 Å². The van der Waals surface area contributed by atoms with Gasteiger partial charge in [0.2, 0.25) is 5.91 Å². The van der Waals surface area contributed by atoms with E-state index in [4.69, 9.17) is 5.11 Å². The third-order valence-electron chi connectivity index (χ3n) is 2.81. The maximum absolute atomic E-state index is 11.7. The van der Waals surface area contributed by atoms with Gasteiger partial charge in [0, 0.05) is 13.0 Å². The summed E-state index contributed by atoms with van der Waals surface area (Å²) in [6, 6.07) is 2.71. The SMILES string of the molecule is O=C1CC(NC(=O)Nc2ccc(C(=O)O)cc2O)CN1. The molecule has 0 bridgehead atoms. The Morgan fingerprint density at radius 1 is 1.35 bits per heavy atom. The monoisotopic (exact) mass is 279 g/mol. The average Bonchev–Trinajstić information content (AvgIpc) is 2.77. The summed E-state index contributed by atoms with van der Waals surface area (Å²) in [6.45, 7) is 0.357. The van der Waals surface area contributed by atoms with Crippen LogP contribution in [0.1, 0.15) is 16.8 Å². The molecule has 106 valence electrons. The van der Waals surface area contributed by atoms with Crippen molar-refractivity contribution in [2.45, 2.75) is 12.5 Å². The van der Waals surface area contributed by atoms with E-state index in [-0.39, 0.29) is 35.4 Å². The number of carbonyl (C=O) groups excluding carboxylic acids is 2. The molecule has 1 heterocycles. The summed E-state index contributed by atoms with van der Waals surface area (Å²) in [6.07, 6.45) is 0.206. The van der Waals surface area contributed by atoms with Crippen molar-refractivity contribution in [3.8, 4) is 5.75 Å². The van der Waals surface area contributed by atoms with Gasteiger partial charge in [0.15, 0.2) is 0 Å². The lowest BCUT2D eigenvalue weighted by Gasteiger charge is -2.12.